The van der Waals surface area contributed by atoms with E-state index >= 15 is 0 Å². The molecule has 0 atom stereocenters. The molecule has 2 aromatic rings. The molecule has 1 fully saturated rings. The highest BCUT2D eigenvalue weighted by Crippen LogP contribution is 2.19. The van der Waals surface area contributed by atoms with Gasteiger partial charge in [-0.15, -0.1) is 11.3 Å². The Morgan fingerprint density at radius 2 is 1.95 bits per heavy atom. The van der Waals surface area contributed by atoms with Crippen molar-refractivity contribution in [1.29, 1.82) is 0 Å². The molecule has 1 N–H and O–H groups in total. The molecule has 2 heterocycles. The van der Waals surface area contributed by atoms with Gasteiger partial charge in [-0.3, -0.25) is 9.69 Å². The fraction of sp³-hybridized carbons (Fsp3) is 0.0667. The summed E-state index contributed by atoms with van der Waals surface area (Å²) in [7, 11) is 0. The summed E-state index contributed by atoms with van der Waals surface area (Å²) in [5, 5.41) is 4.54. The van der Waals surface area contributed by atoms with Gasteiger partial charge in [-0.05, 0) is 35.2 Å². The first-order valence-corrected chi connectivity index (χ1v) is 7.93. The topological polar surface area (TPSA) is 49.4 Å². The second-order valence-electron chi connectivity index (χ2n) is 4.52. The van der Waals surface area contributed by atoms with Gasteiger partial charge in [0.25, 0.3) is 5.91 Å². The van der Waals surface area contributed by atoms with E-state index in [1.807, 2.05) is 41.8 Å². The standard InChI is InChI=1S/C15H11BrN2O2S/c16-11-5-3-10(4-6-11)9-18-14(19)13(17-15(18)20)8-12-2-1-7-21-12/h1-8H,9H2,(H,17,20)/b13-8-. The number of carbonyl (C=O) groups is 2. The quantitative estimate of drug-likeness (QED) is 0.669. The van der Waals surface area contributed by atoms with Crippen LogP contribution >= 0.6 is 27.3 Å². The molecule has 0 spiro atoms. The summed E-state index contributed by atoms with van der Waals surface area (Å²) in [5.41, 5.74) is 1.22. The molecule has 0 bridgehead atoms. The smallest absolute Gasteiger partial charge is 0.303 e. The Morgan fingerprint density at radius 3 is 2.62 bits per heavy atom. The van der Waals surface area contributed by atoms with Gasteiger partial charge in [0.2, 0.25) is 0 Å². The third-order valence-electron chi connectivity index (χ3n) is 3.05. The van der Waals surface area contributed by atoms with Gasteiger partial charge in [-0.2, -0.15) is 0 Å². The minimum Gasteiger partial charge on any atom is -0.303 e. The van der Waals surface area contributed by atoms with Crippen LogP contribution in [-0.4, -0.2) is 16.8 Å². The summed E-state index contributed by atoms with van der Waals surface area (Å²) >= 11 is 4.87. The maximum absolute atomic E-state index is 12.3. The lowest BCUT2D eigenvalue weighted by Crippen LogP contribution is -2.30. The molecule has 1 aliphatic rings. The van der Waals surface area contributed by atoms with Crippen molar-refractivity contribution in [2.24, 2.45) is 0 Å². The third-order valence-corrected chi connectivity index (χ3v) is 4.39. The van der Waals surface area contributed by atoms with Gasteiger partial charge in [0.05, 0.1) is 6.54 Å². The minimum atomic E-state index is -0.384. The number of amides is 3. The van der Waals surface area contributed by atoms with Gasteiger partial charge < -0.3 is 5.32 Å². The number of hydrogen-bond acceptors (Lipinski definition) is 3. The van der Waals surface area contributed by atoms with Crippen LogP contribution < -0.4 is 5.32 Å². The Balaban J connectivity index is 1.79. The molecule has 0 radical (unpaired) electrons. The number of imide groups is 1. The Morgan fingerprint density at radius 1 is 1.19 bits per heavy atom. The van der Waals surface area contributed by atoms with Gasteiger partial charge in [-0.1, -0.05) is 34.1 Å². The number of carbonyl (C=O) groups excluding carboxylic acids is 2. The van der Waals surface area contributed by atoms with E-state index in [0.717, 1.165) is 14.9 Å². The first-order valence-electron chi connectivity index (χ1n) is 6.26. The molecule has 0 aliphatic carbocycles. The predicted molar refractivity (Wildman–Crippen MR) is 85.5 cm³/mol. The second kappa shape index (κ2) is 5.83. The van der Waals surface area contributed by atoms with Crippen molar-refractivity contribution < 1.29 is 9.59 Å². The Labute approximate surface area is 134 Å². The fourth-order valence-electron chi connectivity index (χ4n) is 2.00. The molecule has 106 valence electrons. The fourth-order valence-corrected chi connectivity index (χ4v) is 2.92. The molecule has 0 unspecified atom stereocenters. The van der Waals surface area contributed by atoms with Crippen LogP contribution in [0.25, 0.3) is 6.08 Å². The van der Waals surface area contributed by atoms with Crippen molar-refractivity contribution in [2.45, 2.75) is 6.54 Å². The maximum atomic E-state index is 12.3. The average molecular weight is 363 g/mol. The highest BCUT2D eigenvalue weighted by Gasteiger charge is 2.33. The predicted octanol–water partition coefficient (Wildman–Crippen LogP) is 3.60. The average Bonchev–Trinajstić information content (AvgIpc) is 3.06. The number of nitrogens with one attached hydrogen (secondary N) is 1. The number of rotatable bonds is 3. The van der Waals surface area contributed by atoms with Crippen LogP contribution in [0.1, 0.15) is 10.4 Å². The van der Waals surface area contributed by atoms with Crippen LogP contribution in [-0.2, 0) is 11.3 Å². The molecule has 1 saturated heterocycles. The first-order chi connectivity index (χ1) is 10.1. The van der Waals surface area contributed by atoms with Gasteiger partial charge in [0, 0.05) is 9.35 Å². The van der Waals surface area contributed by atoms with E-state index in [4.69, 9.17) is 0 Å². The second-order valence-corrected chi connectivity index (χ2v) is 6.42. The third kappa shape index (κ3) is 3.06. The van der Waals surface area contributed by atoms with E-state index < -0.39 is 0 Å². The Kier molecular flexibility index (Phi) is 3.90. The van der Waals surface area contributed by atoms with E-state index in [-0.39, 0.29) is 18.5 Å². The van der Waals surface area contributed by atoms with Crippen molar-refractivity contribution in [3.63, 3.8) is 0 Å². The van der Waals surface area contributed by atoms with Crippen LogP contribution in [0.2, 0.25) is 0 Å². The summed E-state index contributed by atoms with van der Waals surface area (Å²) in [6, 6.07) is 10.9. The first kappa shape index (κ1) is 14.0. The Hall–Kier alpha value is -1.92. The van der Waals surface area contributed by atoms with Crippen molar-refractivity contribution in [1.82, 2.24) is 10.2 Å². The van der Waals surface area contributed by atoms with E-state index in [1.54, 1.807) is 6.08 Å². The molecule has 0 saturated carbocycles. The summed E-state index contributed by atoms with van der Waals surface area (Å²) in [5.74, 6) is -0.295. The minimum absolute atomic E-state index is 0.264. The molecule has 3 amide bonds. The van der Waals surface area contributed by atoms with E-state index in [1.165, 1.54) is 16.2 Å². The number of halogens is 1. The molecule has 4 nitrogen and oxygen atoms in total. The Bertz CT molecular complexity index is 708. The normalized spacial score (nSPS) is 16.6. The lowest BCUT2D eigenvalue weighted by atomic mass is 10.2. The monoisotopic (exact) mass is 362 g/mol. The number of thiophene rings is 1. The SMILES string of the molecule is O=C1N/C(=C\c2cccs2)C(=O)N1Cc1ccc(Br)cc1. The number of urea groups is 1. The lowest BCUT2D eigenvalue weighted by Gasteiger charge is -2.11. The summed E-state index contributed by atoms with van der Waals surface area (Å²) < 4.78 is 0.960. The number of nitrogens with zero attached hydrogens (tertiary/aromatic N) is 1. The summed E-state index contributed by atoms with van der Waals surface area (Å²) in [4.78, 5) is 26.4. The lowest BCUT2D eigenvalue weighted by molar-refractivity contribution is -0.123. The van der Waals surface area contributed by atoms with Gasteiger partial charge in [0.15, 0.2) is 0 Å². The van der Waals surface area contributed by atoms with Crippen molar-refractivity contribution in [2.75, 3.05) is 0 Å². The molecule has 1 aliphatic heterocycles. The largest absolute Gasteiger partial charge is 0.329 e. The van der Waals surface area contributed by atoms with Gasteiger partial charge >= 0.3 is 6.03 Å². The zero-order chi connectivity index (χ0) is 14.8. The van der Waals surface area contributed by atoms with Crippen LogP contribution in [0.4, 0.5) is 4.79 Å². The van der Waals surface area contributed by atoms with Crippen molar-refractivity contribution in [3.8, 4) is 0 Å². The van der Waals surface area contributed by atoms with E-state index in [9.17, 15) is 9.59 Å². The zero-order valence-electron chi connectivity index (χ0n) is 10.9. The number of hydrogen-bond donors (Lipinski definition) is 1. The molecular weight excluding hydrogens is 352 g/mol. The molecule has 6 heteroatoms. The van der Waals surface area contributed by atoms with E-state index in [2.05, 4.69) is 21.2 Å². The zero-order valence-corrected chi connectivity index (χ0v) is 13.3. The molecule has 21 heavy (non-hydrogen) atoms. The van der Waals surface area contributed by atoms with Crippen LogP contribution in [0.5, 0.6) is 0 Å². The van der Waals surface area contributed by atoms with Crippen LogP contribution in [0.3, 0.4) is 0 Å². The van der Waals surface area contributed by atoms with Gasteiger partial charge in [-0.25, -0.2) is 4.79 Å². The molecule has 1 aromatic heterocycles. The molecule has 1 aromatic carbocycles. The van der Waals surface area contributed by atoms with Crippen molar-refractivity contribution in [3.05, 3.63) is 62.4 Å². The van der Waals surface area contributed by atoms with Crippen LogP contribution in [0.15, 0.2) is 51.9 Å². The molecule has 3 rings (SSSR count). The highest BCUT2D eigenvalue weighted by molar-refractivity contribution is 9.10. The summed E-state index contributed by atoms with van der Waals surface area (Å²) in [6.45, 7) is 0.264. The highest BCUT2D eigenvalue weighted by atomic mass is 79.9. The van der Waals surface area contributed by atoms with Crippen LogP contribution in [0, 0.1) is 0 Å². The number of benzene rings is 1. The maximum Gasteiger partial charge on any atom is 0.329 e. The van der Waals surface area contributed by atoms with Crippen molar-refractivity contribution >= 4 is 45.3 Å². The van der Waals surface area contributed by atoms with Gasteiger partial charge in [0.1, 0.15) is 5.70 Å². The molecular formula is C15H11BrN2O2S. The summed E-state index contributed by atoms with van der Waals surface area (Å²) in [6.07, 6.45) is 1.70. The van der Waals surface area contributed by atoms with E-state index in [0.29, 0.717) is 5.70 Å².